The molecule has 0 unspecified atom stereocenters. The van der Waals surface area contributed by atoms with Crippen LogP contribution in [0.2, 0.25) is 0 Å². The summed E-state index contributed by atoms with van der Waals surface area (Å²) in [4.78, 5) is 8.91. The molecule has 1 aromatic carbocycles. The number of imidazole rings is 1. The monoisotopic (exact) mass is 408 g/mol. The minimum Gasteiger partial charge on any atom is -0.396 e. The Hall–Kier alpha value is -2.39. The van der Waals surface area contributed by atoms with Crippen molar-refractivity contribution in [2.24, 2.45) is 0 Å². The summed E-state index contributed by atoms with van der Waals surface area (Å²) in [6.45, 7) is 0.437. The first-order valence-electron chi connectivity index (χ1n) is 9.78. The average Bonchev–Trinajstić information content (AvgIpc) is 3.13. The van der Waals surface area contributed by atoms with Gasteiger partial charge in [0.2, 0.25) is 0 Å². The standard InChI is InChI=1S/C20H23F3N4O2/c21-20(22,23)12-2-7-15-16(10-12)26-19(24-8-1-9-28)17-18(15)27(11-25-17)13-3-5-14(29)6-4-13/h2,7,10-11,13-14,28-29H,1,3-6,8-9H2,(H,24,26)/t13-,14-. The number of pyridine rings is 1. The van der Waals surface area contributed by atoms with Gasteiger partial charge in [-0.05, 0) is 44.2 Å². The van der Waals surface area contributed by atoms with Crippen LogP contribution in [-0.2, 0) is 6.18 Å². The van der Waals surface area contributed by atoms with Crippen molar-refractivity contribution in [1.82, 2.24) is 14.5 Å². The summed E-state index contributed by atoms with van der Waals surface area (Å²) < 4.78 is 41.6. The first kappa shape index (κ1) is 19.9. The number of anilines is 1. The van der Waals surface area contributed by atoms with E-state index in [1.165, 1.54) is 6.07 Å². The van der Waals surface area contributed by atoms with Gasteiger partial charge in [0.05, 0.1) is 29.0 Å². The number of fused-ring (bicyclic) bond motifs is 3. The fourth-order valence-corrected chi connectivity index (χ4v) is 4.00. The van der Waals surface area contributed by atoms with Crippen molar-refractivity contribution in [1.29, 1.82) is 0 Å². The normalized spacial score (nSPS) is 20.4. The lowest BCUT2D eigenvalue weighted by Gasteiger charge is -2.27. The molecule has 29 heavy (non-hydrogen) atoms. The van der Waals surface area contributed by atoms with Gasteiger partial charge in [-0.15, -0.1) is 0 Å². The molecule has 1 aliphatic carbocycles. The van der Waals surface area contributed by atoms with Crippen molar-refractivity contribution in [3.8, 4) is 0 Å². The number of aliphatic hydroxyl groups is 2. The van der Waals surface area contributed by atoms with Gasteiger partial charge in [0.1, 0.15) is 5.52 Å². The molecule has 3 N–H and O–H groups in total. The van der Waals surface area contributed by atoms with E-state index in [-0.39, 0.29) is 24.3 Å². The quantitative estimate of drug-likeness (QED) is 0.558. The summed E-state index contributed by atoms with van der Waals surface area (Å²) in [6.07, 6.45) is 0.391. The third-order valence-electron chi connectivity index (χ3n) is 5.52. The number of hydrogen-bond acceptors (Lipinski definition) is 5. The first-order valence-corrected chi connectivity index (χ1v) is 9.78. The number of alkyl halides is 3. The van der Waals surface area contributed by atoms with Gasteiger partial charge in [-0.25, -0.2) is 9.97 Å². The second-order valence-corrected chi connectivity index (χ2v) is 7.51. The second kappa shape index (κ2) is 7.79. The van der Waals surface area contributed by atoms with Gasteiger partial charge in [0.15, 0.2) is 5.82 Å². The highest BCUT2D eigenvalue weighted by Crippen LogP contribution is 2.37. The van der Waals surface area contributed by atoms with E-state index in [2.05, 4.69) is 15.3 Å². The molecule has 156 valence electrons. The highest BCUT2D eigenvalue weighted by Gasteiger charge is 2.31. The molecule has 3 aromatic rings. The third kappa shape index (κ3) is 3.89. The van der Waals surface area contributed by atoms with Crippen molar-refractivity contribution < 1.29 is 23.4 Å². The van der Waals surface area contributed by atoms with Crippen LogP contribution in [0.15, 0.2) is 24.5 Å². The topological polar surface area (TPSA) is 83.2 Å². The summed E-state index contributed by atoms with van der Waals surface area (Å²) in [5, 5.41) is 22.5. The van der Waals surface area contributed by atoms with Crippen molar-refractivity contribution in [3.05, 3.63) is 30.1 Å². The van der Waals surface area contributed by atoms with Crippen molar-refractivity contribution in [2.45, 2.75) is 50.4 Å². The Morgan fingerprint density at radius 2 is 1.93 bits per heavy atom. The van der Waals surface area contributed by atoms with Crippen LogP contribution in [-0.4, -0.2) is 44.0 Å². The molecule has 2 heterocycles. The van der Waals surface area contributed by atoms with Gasteiger partial charge in [0.25, 0.3) is 0 Å². The van der Waals surface area contributed by atoms with E-state index in [1.807, 2.05) is 4.57 Å². The molecule has 1 aliphatic rings. The smallest absolute Gasteiger partial charge is 0.396 e. The molecule has 0 amide bonds. The molecule has 1 saturated carbocycles. The Bertz CT molecular complexity index is 1010. The molecule has 1 fully saturated rings. The number of halogens is 3. The fraction of sp³-hybridized carbons (Fsp3) is 0.500. The van der Waals surface area contributed by atoms with Gasteiger partial charge in [-0.2, -0.15) is 13.2 Å². The highest BCUT2D eigenvalue weighted by atomic mass is 19.4. The molecule has 9 heteroatoms. The van der Waals surface area contributed by atoms with Crippen LogP contribution in [0, 0.1) is 0 Å². The van der Waals surface area contributed by atoms with Crippen LogP contribution in [0.3, 0.4) is 0 Å². The lowest BCUT2D eigenvalue weighted by atomic mass is 9.93. The van der Waals surface area contributed by atoms with E-state index in [9.17, 15) is 18.3 Å². The predicted molar refractivity (Wildman–Crippen MR) is 104 cm³/mol. The number of aromatic nitrogens is 3. The Kier molecular flexibility index (Phi) is 5.35. The van der Waals surface area contributed by atoms with Crippen LogP contribution in [0.25, 0.3) is 21.9 Å². The van der Waals surface area contributed by atoms with E-state index in [0.717, 1.165) is 30.5 Å². The van der Waals surface area contributed by atoms with Crippen molar-refractivity contribution in [2.75, 3.05) is 18.5 Å². The molecule has 0 saturated heterocycles. The summed E-state index contributed by atoms with van der Waals surface area (Å²) in [6, 6.07) is 3.72. The Balaban J connectivity index is 1.87. The van der Waals surface area contributed by atoms with E-state index in [0.29, 0.717) is 42.5 Å². The van der Waals surface area contributed by atoms with Gasteiger partial charge >= 0.3 is 6.18 Å². The molecule has 0 radical (unpaired) electrons. The number of aliphatic hydroxyl groups excluding tert-OH is 2. The maximum Gasteiger partial charge on any atom is 0.416 e. The van der Waals surface area contributed by atoms with E-state index in [4.69, 9.17) is 5.11 Å². The van der Waals surface area contributed by atoms with Crippen LogP contribution < -0.4 is 5.32 Å². The molecule has 0 aliphatic heterocycles. The largest absolute Gasteiger partial charge is 0.416 e. The maximum atomic E-state index is 13.2. The average molecular weight is 408 g/mol. The molecule has 6 nitrogen and oxygen atoms in total. The van der Waals surface area contributed by atoms with Crippen molar-refractivity contribution >= 4 is 27.8 Å². The van der Waals surface area contributed by atoms with Gasteiger partial charge < -0.3 is 20.1 Å². The summed E-state index contributed by atoms with van der Waals surface area (Å²) in [5.41, 5.74) is 0.847. The van der Waals surface area contributed by atoms with Crippen LogP contribution in [0.5, 0.6) is 0 Å². The minimum absolute atomic E-state index is 0.000781. The van der Waals surface area contributed by atoms with Gasteiger partial charge in [-0.3, -0.25) is 0 Å². The van der Waals surface area contributed by atoms with Crippen LogP contribution in [0.4, 0.5) is 19.0 Å². The minimum atomic E-state index is -4.45. The van der Waals surface area contributed by atoms with Gasteiger partial charge in [-0.1, -0.05) is 6.07 Å². The number of nitrogens with zero attached hydrogens (tertiary/aromatic N) is 3. The Morgan fingerprint density at radius 1 is 1.17 bits per heavy atom. The fourth-order valence-electron chi connectivity index (χ4n) is 4.00. The third-order valence-corrected chi connectivity index (χ3v) is 5.52. The maximum absolute atomic E-state index is 13.2. The predicted octanol–water partition coefficient (Wildman–Crippen LogP) is 3.87. The first-order chi connectivity index (χ1) is 13.9. The zero-order chi connectivity index (χ0) is 20.6. The van der Waals surface area contributed by atoms with E-state index >= 15 is 0 Å². The SMILES string of the molecule is OCCCNc1nc2cc(C(F)(F)F)ccc2c2c1ncn2[C@H]1CC[C@H](O)CC1. The van der Waals surface area contributed by atoms with Gasteiger partial charge in [0, 0.05) is 24.6 Å². The zero-order valence-corrected chi connectivity index (χ0v) is 15.8. The number of nitrogens with one attached hydrogen (secondary N) is 1. The van der Waals surface area contributed by atoms with Crippen LogP contribution >= 0.6 is 0 Å². The molecule has 0 bridgehead atoms. The van der Waals surface area contributed by atoms with Crippen molar-refractivity contribution in [3.63, 3.8) is 0 Å². The molecule has 0 atom stereocenters. The number of hydrogen-bond donors (Lipinski definition) is 3. The second-order valence-electron chi connectivity index (χ2n) is 7.51. The lowest BCUT2D eigenvalue weighted by Crippen LogP contribution is -2.20. The highest BCUT2D eigenvalue weighted by molar-refractivity contribution is 6.07. The molecule has 0 spiro atoms. The van der Waals surface area contributed by atoms with E-state index in [1.54, 1.807) is 6.33 Å². The summed E-state index contributed by atoms with van der Waals surface area (Å²) in [5.74, 6) is 0.412. The molecular formula is C20H23F3N4O2. The summed E-state index contributed by atoms with van der Waals surface area (Å²) in [7, 11) is 0. The molecular weight excluding hydrogens is 385 g/mol. The number of rotatable bonds is 5. The Labute approximate surface area is 165 Å². The van der Waals surface area contributed by atoms with E-state index < -0.39 is 11.7 Å². The van der Waals surface area contributed by atoms with Crippen LogP contribution in [0.1, 0.15) is 43.7 Å². The number of benzene rings is 1. The zero-order valence-electron chi connectivity index (χ0n) is 15.8. The Morgan fingerprint density at radius 3 is 2.62 bits per heavy atom. The molecule has 2 aromatic heterocycles. The lowest BCUT2D eigenvalue weighted by molar-refractivity contribution is -0.137. The summed E-state index contributed by atoms with van der Waals surface area (Å²) >= 11 is 0. The molecule has 4 rings (SSSR count).